The van der Waals surface area contributed by atoms with E-state index < -0.39 is 10.0 Å². The molecule has 198 valence electrons. The average molecular weight is 542 g/mol. The Labute approximate surface area is 223 Å². The number of anilines is 3. The summed E-state index contributed by atoms with van der Waals surface area (Å²) in [6.07, 6.45) is 4.45. The van der Waals surface area contributed by atoms with Crippen molar-refractivity contribution in [2.75, 3.05) is 48.2 Å². The van der Waals surface area contributed by atoms with Crippen molar-refractivity contribution in [3.8, 4) is 11.3 Å². The van der Waals surface area contributed by atoms with Gasteiger partial charge in [-0.2, -0.15) is 0 Å². The molecule has 4 rings (SSSR count). The first-order chi connectivity index (χ1) is 17.7. The van der Waals surface area contributed by atoms with Gasteiger partial charge in [-0.3, -0.25) is 9.52 Å². The van der Waals surface area contributed by atoms with Gasteiger partial charge >= 0.3 is 0 Å². The fourth-order valence-corrected chi connectivity index (χ4v) is 6.26. The van der Waals surface area contributed by atoms with E-state index in [0.717, 1.165) is 51.1 Å². The highest BCUT2D eigenvalue weighted by molar-refractivity contribution is 7.92. The standard InChI is InChI=1S/C27H35N5O3S2/c1-4-5-6-8-21-11-12-23(18-26(21)32-15-13-31(3)14-16-32)30-37(34,35)24-10-7-9-22(17-24)25-19-36-27(29-25)28-20(2)33/h7,9-12,17-19,30H,4-6,8,13-16H2,1-3H3,(H,28,29,33). The monoisotopic (exact) mass is 541 g/mol. The van der Waals surface area contributed by atoms with Gasteiger partial charge in [0.15, 0.2) is 5.13 Å². The van der Waals surface area contributed by atoms with Gasteiger partial charge in [-0.25, -0.2) is 13.4 Å². The Morgan fingerprint density at radius 2 is 1.86 bits per heavy atom. The summed E-state index contributed by atoms with van der Waals surface area (Å²) >= 11 is 1.30. The van der Waals surface area contributed by atoms with E-state index in [1.54, 1.807) is 23.6 Å². The Hall–Kier alpha value is -2.95. The van der Waals surface area contributed by atoms with Crippen LogP contribution in [-0.4, -0.2) is 57.4 Å². The fourth-order valence-electron chi connectivity index (χ4n) is 4.40. The number of unbranched alkanes of at least 4 members (excludes halogenated alkanes) is 2. The lowest BCUT2D eigenvalue weighted by atomic mass is 10.0. The van der Waals surface area contributed by atoms with Crippen molar-refractivity contribution in [3.63, 3.8) is 0 Å². The summed E-state index contributed by atoms with van der Waals surface area (Å²) in [6.45, 7) is 7.43. The molecule has 1 saturated heterocycles. The Bertz CT molecular complexity index is 1330. The minimum Gasteiger partial charge on any atom is -0.369 e. The van der Waals surface area contributed by atoms with E-state index in [-0.39, 0.29) is 10.8 Å². The van der Waals surface area contributed by atoms with Crippen LogP contribution in [0.1, 0.15) is 38.7 Å². The summed E-state index contributed by atoms with van der Waals surface area (Å²) < 4.78 is 29.5. The molecule has 1 amide bonds. The predicted molar refractivity (Wildman–Crippen MR) is 152 cm³/mol. The second-order valence-corrected chi connectivity index (χ2v) is 12.0. The van der Waals surface area contributed by atoms with Crippen molar-refractivity contribution >= 4 is 43.8 Å². The van der Waals surface area contributed by atoms with Gasteiger partial charge in [0.2, 0.25) is 5.91 Å². The number of likely N-dealkylation sites (N-methyl/N-ethyl adjacent to an activating group) is 1. The molecule has 1 fully saturated rings. The van der Waals surface area contributed by atoms with Gasteiger partial charge in [0.25, 0.3) is 10.0 Å². The molecule has 1 aromatic heterocycles. The number of hydrogen-bond acceptors (Lipinski definition) is 7. The van der Waals surface area contributed by atoms with Crippen LogP contribution in [-0.2, 0) is 21.2 Å². The molecule has 10 heteroatoms. The molecule has 0 spiro atoms. The van der Waals surface area contributed by atoms with Crippen LogP contribution in [0.2, 0.25) is 0 Å². The number of piperazine rings is 1. The summed E-state index contributed by atoms with van der Waals surface area (Å²) in [6, 6.07) is 12.6. The molecule has 8 nitrogen and oxygen atoms in total. The van der Waals surface area contributed by atoms with Crippen molar-refractivity contribution in [1.82, 2.24) is 9.88 Å². The summed E-state index contributed by atoms with van der Waals surface area (Å²) in [7, 11) is -1.69. The number of aromatic nitrogens is 1. The molecule has 37 heavy (non-hydrogen) atoms. The lowest BCUT2D eigenvalue weighted by molar-refractivity contribution is -0.114. The molecule has 0 bridgehead atoms. The van der Waals surface area contributed by atoms with Crippen LogP contribution in [0, 0.1) is 0 Å². The van der Waals surface area contributed by atoms with E-state index in [4.69, 9.17) is 0 Å². The maximum atomic E-state index is 13.4. The highest BCUT2D eigenvalue weighted by Gasteiger charge is 2.20. The molecular weight excluding hydrogens is 506 g/mol. The zero-order valence-corrected chi connectivity index (χ0v) is 23.3. The molecule has 3 aromatic rings. The van der Waals surface area contributed by atoms with Crippen molar-refractivity contribution in [3.05, 3.63) is 53.4 Å². The molecule has 2 N–H and O–H groups in total. The number of benzene rings is 2. The smallest absolute Gasteiger partial charge is 0.261 e. The number of carbonyl (C=O) groups is 1. The molecule has 2 aromatic carbocycles. The quantitative estimate of drug-likeness (QED) is 0.349. The van der Waals surface area contributed by atoms with Crippen LogP contribution in [0.25, 0.3) is 11.3 Å². The number of nitrogens with one attached hydrogen (secondary N) is 2. The number of rotatable bonds is 10. The first kappa shape index (κ1) is 27.1. The van der Waals surface area contributed by atoms with Crippen LogP contribution in [0.5, 0.6) is 0 Å². The molecule has 0 saturated carbocycles. The average Bonchev–Trinajstić information content (AvgIpc) is 3.33. The SMILES string of the molecule is CCCCCc1ccc(NS(=O)(=O)c2cccc(-c3csc(NC(C)=O)n3)c2)cc1N1CCN(C)CC1. The Kier molecular flexibility index (Phi) is 8.83. The summed E-state index contributed by atoms with van der Waals surface area (Å²) in [5.41, 5.74) is 4.22. The van der Waals surface area contributed by atoms with Crippen LogP contribution in [0.4, 0.5) is 16.5 Å². The minimum absolute atomic E-state index is 0.159. The maximum absolute atomic E-state index is 13.4. The lowest BCUT2D eigenvalue weighted by Gasteiger charge is -2.35. The Balaban J connectivity index is 1.57. The topological polar surface area (TPSA) is 94.6 Å². The summed E-state index contributed by atoms with van der Waals surface area (Å²) in [5, 5.41) is 4.93. The van der Waals surface area contributed by atoms with E-state index >= 15 is 0 Å². The van der Waals surface area contributed by atoms with Crippen LogP contribution >= 0.6 is 11.3 Å². The first-order valence-corrected chi connectivity index (χ1v) is 15.0. The number of amides is 1. The van der Waals surface area contributed by atoms with Crippen LogP contribution in [0.3, 0.4) is 0 Å². The molecule has 2 heterocycles. The van der Waals surface area contributed by atoms with Gasteiger partial charge in [0, 0.05) is 49.7 Å². The van der Waals surface area contributed by atoms with Crippen LogP contribution in [0.15, 0.2) is 52.7 Å². The Morgan fingerprint density at radius 1 is 1.08 bits per heavy atom. The first-order valence-electron chi connectivity index (χ1n) is 12.7. The van der Waals surface area contributed by atoms with Crippen molar-refractivity contribution in [2.24, 2.45) is 0 Å². The second kappa shape index (κ2) is 12.1. The lowest BCUT2D eigenvalue weighted by Crippen LogP contribution is -2.44. The number of nitrogens with zero attached hydrogens (tertiary/aromatic N) is 3. The molecular formula is C27H35N5O3S2. The van der Waals surface area contributed by atoms with Gasteiger partial charge < -0.3 is 15.1 Å². The third-order valence-electron chi connectivity index (χ3n) is 6.46. The molecule has 1 aliphatic rings. The summed E-state index contributed by atoms with van der Waals surface area (Å²) in [4.78, 5) is 20.5. The molecule has 1 aliphatic heterocycles. The zero-order valence-electron chi connectivity index (χ0n) is 21.7. The molecule has 0 atom stereocenters. The van der Waals surface area contributed by atoms with Crippen molar-refractivity contribution in [2.45, 2.75) is 44.4 Å². The van der Waals surface area contributed by atoms with Crippen molar-refractivity contribution in [1.29, 1.82) is 0 Å². The second-order valence-electron chi connectivity index (χ2n) is 9.44. The van der Waals surface area contributed by atoms with E-state index in [0.29, 0.717) is 22.1 Å². The van der Waals surface area contributed by atoms with Gasteiger partial charge in [-0.15, -0.1) is 11.3 Å². The molecule has 0 unspecified atom stereocenters. The highest BCUT2D eigenvalue weighted by atomic mass is 32.2. The van der Waals surface area contributed by atoms with E-state index in [2.05, 4.69) is 44.9 Å². The van der Waals surface area contributed by atoms with Gasteiger partial charge in [0.1, 0.15) is 0 Å². The molecule has 0 radical (unpaired) electrons. The van der Waals surface area contributed by atoms with Gasteiger partial charge in [-0.05, 0) is 49.7 Å². The Morgan fingerprint density at radius 3 is 2.59 bits per heavy atom. The molecule has 0 aliphatic carbocycles. The van der Waals surface area contributed by atoms with E-state index in [9.17, 15) is 13.2 Å². The fraction of sp³-hybridized carbons (Fsp3) is 0.407. The van der Waals surface area contributed by atoms with E-state index in [1.807, 2.05) is 18.2 Å². The summed E-state index contributed by atoms with van der Waals surface area (Å²) in [5.74, 6) is -0.200. The van der Waals surface area contributed by atoms with Crippen LogP contribution < -0.4 is 14.9 Å². The number of hydrogen-bond donors (Lipinski definition) is 2. The number of thiazole rings is 1. The predicted octanol–water partition coefficient (Wildman–Crippen LogP) is 5.05. The third-order valence-corrected chi connectivity index (χ3v) is 8.60. The third kappa shape index (κ3) is 7.09. The van der Waals surface area contributed by atoms with E-state index in [1.165, 1.54) is 30.2 Å². The van der Waals surface area contributed by atoms with Crippen molar-refractivity contribution < 1.29 is 13.2 Å². The van der Waals surface area contributed by atoms with Gasteiger partial charge in [-0.1, -0.05) is 38.0 Å². The normalized spacial score (nSPS) is 14.5. The zero-order chi connectivity index (χ0) is 26.4. The number of carbonyl (C=O) groups excluding carboxylic acids is 1. The largest absolute Gasteiger partial charge is 0.369 e. The number of sulfonamides is 1. The number of aryl methyl sites for hydroxylation is 1. The minimum atomic E-state index is -3.82. The maximum Gasteiger partial charge on any atom is 0.261 e. The van der Waals surface area contributed by atoms with Gasteiger partial charge in [0.05, 0.1) is 16.3 Å². The highest BCUT2D eigenvalue weighted by Crippen LogP contribution is 2.30.